The van der Waals surface area contributed by atoms with E-state index in [0.717, 1.165) is 6.07 Å². The summed E-state index contributed by atoms with van der Waals surface area (Å²) in [6, 6.07) is 2.76. The highest BCUT2D eigenvalue weighted by Gasteiger charge is 2.50. The Morgan fingerprint density at radius 1 is 1.33 bits per heavy atom. The molecule has 2 unspecified atom stereocenters. The zero-order valence-corrected chi connectivity index (χ0v) is 15.8. The third-order valence-corrected chi connectivity index (χ3v) is 4.44. The molecule has 0 bridgehead atoms. The number of amidine groups is 1. The monoisotopic (exact) mass is 427 g/mol. The van der Waals surface area contributed by atoms with E-state index in [1.54, 1.807) is 0 Å². The maximum absolute atomic E-state index is 14.5. The lowest BCUT2D eigenvalue weighted by atomic mass is 9.85. The first-order valence-corrected chi connectivity index (χ1v) is 8.58. The molecular formula is C18H17F4N5O3. The van der Waals surface area contributed by atoms with Crippen molar-refractivity contribution in [3.8, 4) is 5.88 Å². The van der Waals surface area contributed by atoms with Gasteiger partial charge in [-0.1, -0.05) is 0 Å². The van der Waals surface area contributed by atoms with E-state index in [0.29, 0.717) is 0 Å². The molecule has 3 rings (SSSR count). The summed E-state index contributed by atoms with van der Waals surface area (Å²) in [4.78, 5) is 24.0. The molecule has 0 radical (unpaired) electrons. The van der Waals surface area contributed by atoms with E-state index < -0.39 is 42.0 Å². The fourth-order valence-corrected chi connectivity index (χ4v) is 2.97. The van der Waals surface area contributed by atoms with Crippen LogP contribution < -0.4 is 15.8 Å². The number of aliphatic imine (C=N–C) groups is 1. The van der Waals surface area contributed by atoms with E-state index in [-0.39, 0.29) is 22.8 Å². The lowest BCUT2D eigenvalue weighted by molar-refractivity contribution is -0.208. The Balaban J connectivity index is 1.89. The number of aromatic nitrogens is 2. The van der Waals surface area contributed by atoms with Crippen molar-refractivity contribution in [1.82, 2.24) is 9.97 Å². The first-order valence-electron chi connectivity index (χ1n) is 8.58. The number of hydrogen-bond donors (Lipinski definition) is 2. The first kappa shape index (κ1) is 21.3. The number of amides is 1. The van der Waals surface area contributed by atoms with Crippen molar-refractivity contribution in [3.05, 3.63) is 47.7 Å². The molecule has 0 saturated heterocycles. The minimum absolute atomic E-state index is 0.0432. The van der Waals surface area contributed by atoms with Crippen molar-refractivity contribution in [2.75, 3.05) is 12.4 Å². The Kier molecular flexibility index (Phi) is 5.51. The quantitative estimate of drug-likeness (QED) is 0.726. The van der Waals surface area contributed by atoms with Crippen LogP contribution in [0.3, 0.4) is 0 Å². The summed E-state index contributed by atoms with van der Waals surface area (Å²) in [6.07, 6.45) is -5.22. The van der Waals surface area contributed by atoms with Gasteiger partial charge in [0.25, 0.3) is 11.9 Å². The standard InChI is InChI=1S/C18H17F4N5O3/c1-17(6-13(18(20,21)22)30-16(23)27-17)10-5-9(3-4-11(10)19)26-15(28)12-7-25-14(29-2)8-24-12/h3-5,7-8,13H,6H2,1-2H3,(H2,23,27)(H,26,28). The van der Waals surface area contributed by atoms with E-state index in [2.05, 4.69) is 25.0 Å². The van der Waals surface area contributed by atoms with Crippen LogP contribution in [0.1, 0.15) is 29.4 Å². The maximum atomic E-state index is 14.5. The highest BCUT2D eigenvalue weighted by molar-refractivity contribution is 6.02. The van der Waals surface area contributed by atoms with Gasteiger partial charge in [0.05, 0.1) is 25.0 Å². The molecular weight excluding hydrogens is 410 g/mol. The number of anilines is 1. The third kappa shape index (κ3) is 4.42. The Morgan fingerprint density at radius 3 is 2.67 bits per heavy atom. The molecule has 2 atom stereocenters. The number of halogens is 4. The van der Waals surface area contributed by atoms with Crippen LogP contribution in [0.5, 0.6) is 5.88 Å². The number of ether oxygens (including phenoxy) is 2. The molecule has 3 N–H and O–H groups in total. The van der Waals surface area contributed by atoms with Gasteiger partial charge in [0.1, 0.15) is 11.5 Å². The zero-order valence-electron chi connectivity index (χ0n) is 15.8. The molecule has 1 amide bonds. The molecule has 12 heteroatoms. The molecule has 0 saturated carbocycles. The van der Waals surface area contributed by atoms with Crippen molar-refractivity contribution in [2.45, 2.75) is 31.2 Å². The largest absolute Gasteiger partial charge is 0.480 e. The third-order valence-electron chi connectivity index (χ3n) is 4.44. The molecule has 8 nitrogen and oxygen atoms in total. The Hall–Kier alpha value is -3.44. The van der Waals surface area contributed by atoms with Gasteiger partial charge in [0.15, 0.2) is 6.10 Å². The molecule has 0 spiro atoms. The van der Waals surface area contributed by atoms with Crippen LogP contribution >= 0.6 is 0 Å². The smallest absolute Gasteiger partial charge is 0.425 e. The molecule has 1 aromatic heterocycles. The SMILES string of the molecule is COc1cnc(C(=O)Nc2ccc(F)c(C3(C)CC(C(F)(F)F)OC(N)=N3)c2)cn1. The second kappa shape index (κ2) is 7.76. The van der Waals surface area contributed by atoms with E-state index in [1.807, 2.05) is 0 Å². The summed E-state index contributed by atoms with van der Waals surface area (Å²) in [6.45, 7) is 1.31. The number of alkyl halides is 3. The minimum Gasteiger partial charge on any atom is -0.480 e. The molecule has 1 aliphatic rings. The molecule has 0 fully saturated rings. The number of carbonyl (C=O) groups is 1. The molecule has 30 heavy (non-hydrogen) atoms. The molecule has 1 aromatic carbocycles. The van der Waals surface area contributed by atoms with Crippen molar-refractivity contribution in [3.63, 3.8) is 0 Å². The van der Waals surface area contributed by atoms with Crippen LogP contribution in [0.25, 0.3) is 0 Å². The van der Waals surface area contributed by atoms with E-state index >= 15 is 0 Å². The number of carbonyl (C=O) groups excluding carboxylic acids is 1. The summed E-state index contributed by atoms with van der Waals surface area (Å²) >= 11 is 0. The van der Waals surface area contributed by atoms with Crippen LogP contribution in [0.4, 0.5) is 23.2 Å². The normalized spacial score (nSPS) is 21.4. The lowest BCUT2D eigenvalue weighted by Crippen LogP contribution is -2.46. The maximum Gasteiger partial charge on any atom is 0.425 e. The predicted molar refractivity (Wildman–Crippen MR) is 97.5 cm³/mol. The second-order valence-corrected chi connectivity index (χ2v) is 6.67. The molecule has 2 heterocycles. The minimum atomic E-state index is -4.71. The summed E-state index contributed by atoms with van der Waals surface area (Å²) in [5.74, 6) is -1.26. The molecule has 160 valence electrons. The average molecular weight is 427 g/mol. The Bertz CT molecular complexity index is 981. The summed E-state index contributed by atoms with van der Waals surface area (Å²) in [7, 11) is 1.39. The average Bonchev–Trinajstić information content (AvgIpc) is 2.68. The van der Waals surface area contributed by atoms with Gasteiger partial charge in [-0.15, -0.1) is 0 Å². The van der Waals surface area contributed by atoms with Crippen LogP contribution in [0.15, 0.2) is 35.6 Å². The van der Waals surface area contributed by atoms with E-state index in [4.69, 9.17) is 10.5 Å². The fraction of sp³-hybridized carbons (Fsp3) is 0.333. The van der Waals surface area contributed by atoms with Crippen molar-refractivity contribution in [2.24, 2.45) is 10.7 Å². The van der Waals surface area contributed by atoms with Crippen LogP contribution in [-0.4, -0.2) is 41.3 Å². The van der Waals surface area contributed by atoms with Crippen molar-refractivity contribution in [1.29, 1.82) is 0 Å². The van der Waals surface area contributed by atoms with Gasteiger partial charge in [-0.3, -0.25) is 4.79 Å². The Morgan fingerprint density at radius 2 is 2.07 bits per heavy atom. The zero-order chi connectivity index (χ0) is 22.1. The Labute approximate surface area is 168 Å². The number of nitrogens with two attached hydrogens (primary N) is 1. The van der Waals surface area contributed by atoms with E-state index in [9.17, 15) is 22.4 Å². The number of methoxy groups -OCH3 is 1. The topological polar surface area (TPSA) is 112 Å². The van der Waals surface area contributed by atoms with Crippen molar-refractivity contribution >= 4 is 17.6 Å². The van der Waals surface area contributed by atoms with Crippen LogP contribution in [0, 0.1) is 5.82 Å². The fourth-order valence-electron chi connectivity index (χ4n) is 2.97. The van der Waals surface area contributed by atoms with Gasteiger partial charge < -0.3 is 20.5 Å². The van der Waals surface area contributed by atoms with Gasteiger partial charge in [-0.05, 0) is 25.1 Å². The first-order chi connectivity index (χ1) is 14.0. The van der Waals surface area contributed by atoms with Gasteiger partial charge in [0.2, 0.25) is 5.88 Å². The van der Waals surface area contributed by atoms with Gasteiger partial charge in [0, 0.05) is 17.7 Å². The van der Waals surface area contributed by atoms with Crippen LogP contribution in [-0.2, 0) is 10.3 Å². The number of nitrogens with zero attached hydrogens (tertiary/aromatic N) is 3. The number of nitrogens with one attached hydrogen (secondary N) is 1. The van der Waals surface area contributed by atoms with E-state index in [1.165, 1.54) is 38.6 Å². The predicted octanol–water partition coefficient (Wildman–Crippen LogP) is 2.76. The summed E-state index contributed by atoms with van der Waals surface area (Å²) in [5, 5.41) is 2.49. The highest BCUT2D eigenvalue weighted by atomic mass is 19.4. The lowest BCUT2D eigenvalue weighted by Gasteiger charge is -2.36. The number of rotatable bonds is 4. The highest BCUT2D eigenvalue weighted by Crippen LogP contribution is 2.41. The number of hydrogen-bond acceptors (Lipinski definition) is 7. The molecule has 1 aliphatic heterocycles. The van der Waals surface area contributed by atoms with Gasteiger partial charge in [-0.25, -0.2) is 19.4 Å². The van der Waals surface area contributed by atoms with Crippen molar-refractivity contribution < 1.29 is 31.8 Å². The summed E-state index contributed by atoms with van der Waals surface area (Å²) < 4.78 is 63.4. The van der Waals surface area contributed by atoms with Gasteiger partial charge >= 0.3 is 6.18 Å². The molecule has 0 aliphatic carbocycles. The van der Waals surface area contributed by atoms with Gasteiger partial charge in [-0.2, -0.15) is 13.2 Å². The summed E-state index contributed by atoms with van der Waals surface area (Å²) in [5.41, 5.74) is 3.66. The second-order valence-electron chi connectivity index (χ2n) is 6.67. The van der Waals surface area contributed by atoms with Crippen LogP contribution in [0.2, 0.25) is 0 Å². The number of benzene rings is 1. The molecule has 2 aromatic rings.